The number of benzene rings is 1. The number of nitrogens with two attached hydrogens (primary N) is 2. The summed E-state index contributed by atoms with van der Waals surface area (Å²) in [6.45, 7) is 3.80. The lowest BCUT2D eigenvalue weighted by Gasteiger charge is -2.04. The minimum Gasteiger partial charge on any atom is -0.398 e. The van der Waals surface area contributed by atoms with Gasteiger partial charge in [0.25, 0.3) is 5.91 Å². The number of aryl methyl sites for hydroxylation is 2. The summed E-state index contributed by atoms with van der Waals surface area (Å²) in [7, 11) is 0. The molecule has 3 heteroatoms. The molecular formula is C11H12N2O. The number of carbonyl (C=O) groups is 1. The first-order valence-corrected chi connectivity index (χ1v) is 4.19. The molecule has 14 heavy (non-hydrogen) atoms. The molecule has 0 aromatic heterocycles. The fraction of sp³-hybridized carbons (Fsp3) is 0.182. The van der Waals surface area contributed by atoms with Gasteiger partial charge in [0.15, 0.2) is 0 Å². The minimum absolute atomic E-state index is 0.628. The Balaban J connectivity index is 3.15. The zero-order valence-corrected chi connectivity index (χ0v) is 8.22. The molecule has 0 saturated carbocycles. The minimum atomic E-state index is -0.628. The highest BCUT2D eigenvalue weighted by molar-refractivity contribution is 5.92. The molecule has 0 aliphatic rings. The summed E-state index contributed by atoms with van der Waals surface area (Å²) in [5.74, 6) is 4.33. The Hall–Kier alpha value is -1.95. The molecular weight excluding hydrogens is 176 g/mol. The van der Waals surface area contributed by atoms with Gasteiger partial charge in [-0.1, -0.05) is 5.92 Å². The molecule has 0 aliphatic heterocycles. The molecule has 0 radical (unpaired) electrons. The molecule has 1 aromatic rings. The first-order valence-electron chi connectivity index (χ1n) is 4.19. The number of hydrogen-bond acceptors (Lipinski definition) is 2. The van der Waals surface area contributed by atoms with E-state index >= 15 is 0 Å². The second kappa shape index (κ2) is 3.84. The lowest BCUT2D eigenvalue weighted by molar-refractivity contribution is -0.112. The normalized spacial score (nSPS) is 9.00. The zero-order valence-electron chi connectivity index (χ0n) is 8.22. The second-order valence-corrected chi connectivity index (χ2v) is 3.14. The number of anilines is 1. The number of nitrogen functional groups attached to an aromatic ring is 1. The highest BCUT2D eigenvalue weighted by Gasteiger charge is 1.99. The van der Waals surface area contributed by atoms with Crippen molar-refractivity contribution in [1.82, 2.24) is 0 Å². The van der Waals surface area contributed by atoms with E-state index in [4.69, 9.17) is 11.5 Å². The quantitative estimate of drug-likeness (QED) is 0.465. The van der Waals surface area contributed by atoms with E-state index in [-0.39, 0.29) is 0 Å². The van der Waals surface area contributed by atoms with Crippen molar-refractivity contribution in [1.29, 1.82) is 0 Å². The third-order valence-electron chi connectivity index (χ3n) is 1.92. The lowest BCUT2D eigenvalue weighted by Crippen LogP contribution is -2.06. The number of rotatable bonds is 0. The average molecular weight is 188 g/mol. The van der Waals surface area contributed by atoms with Crippen LogP contribution < -0.4 is 11.5 Å². The van der Waals surface area contributed by atoms with E-state index in [0.717, 1.165) is 22.4 Å². The van der Waals surface area contributed by atoms with Crippen molar-refractivity contribution in [3.8, 4) is 11.8 Å². The van der Waals surface area contributed by atoms with Gasteiger partial charge in [0.1, 0.15) is 0 Å². The maximum Gasteiger partial charge on any atom is 0.293 e. The lowest BCUT2D eigenvalue weighted by atomic mass is 10.1. The molecule has 0 spiro atoms. The van der Waals surface area contributed by atoms with Gasteiger partial charge in [-0.15, -0.1) is 0 Å². The van der Waals surface area contributed by atoms with Crippen LogP contribution in [0.2, 0.25) is 0 Å². The van der Waals surface area contributed by atoms with Crippen LogP contribution in [0.4, 0.5) is 5.69 Å². The number of carbonyl (C=O) groups excluding carboxylic acids is 1. The second-order valence-electron chi connectivity index (χ2n) is 3.14. The van der Waals surface area contributed by atoms with Crippen molar-refractivity contribution < 1.29 is 4.79 Å². The van der Waals surface area contributed by atoms with Crippen molar-refractivity contribution in [2.45, 2.75) is 13.8 Å². The Morgan fingerprint density at radius 2 is 1.79 bits per heavy atom. The maximum atomic E-state index is 10.4. The number of hydrogen-bond donors (Lipinski definition) is 2. The standard InChI is InChI=1S/C11H12N2O/c1-7-5-9(3-4-10(12)14)6-8(2)11(7)13/h5-6H,13H2,1-2H3,(H2,12,14). The Bertz CT molecular complexity index is 415. The molecule has 0 bridgehead atoms. The van der Waals surface area contributed by atoms with E-state index in [1.165, 1.54) is 0 Å². The van der Waals surface area contributed by atoms with E-state index in [0.29, 0.717) is 0 Å². The molecule has 0 fully saturated rings. The van der Waals surface area contributed by atoms with Crippen LogP contribution in [0, 0.1) is 25.7 Å². The van der Waals surface area contributed by atoms with Gasteiger partial charge in [0, 0.05) is 11.3 Å². The maximum absolute atomic E-state index is 10.4. The fourth-order valence-electron chi connectivity index (χ4n) is 1.18. The topological polar surface area (TPSA) is 69.1 Å². The van der Waals surface area contributed by atoms with Crippen molar-refractivity contribution in [2.75, 3.05) is 5.73 Å². The van der Waals surface area contributed by atoms with Crippen LogP contribution in [-0.4, -0.2) is 5.91 Å². The van der Waals surface area contributed by atoms with Crippen molar-refractivity contribution >= 4 is 11.6 Å². The summed E-state index contributed by atoms with van der Waals surface area (Å²) in [6.07, 6.45) is 0. The van der Waals surface area contributed by atoms with E-state index in [1.807, 2.05) is 26.0 Å². The van der Waals surface area contributed by atoms with E-state index < -0.39 is 5.91 Å². The molecule has 3 nitrogen and oxygen atoms in total. The molecule has 0 atom stereocenters. The molecule has 4 N–H and O–H groups in total. The summed E-state index contributed by atoms with van der Waals surface area (Å²) in [6, 6.07) is 3.66. The molecule has 1 amide bonds. The monoisotopic (exact) mass is 188 g/mol. The smallest absolute Gasteiger partial charge is 0.293 e. The van der Waals surface area contributed by atoms with E-state index in [2.05, 4.69) is 11.8 Å². The van der Waals surface area contributed by atoms with Gasteiger partial charge in [0.2, 0.25) is 0 Å². The Labute approximate surface area is 83.1 Å². The fourth-order valence-corrected chi connectivity index (χ4v) is 1.18. The molecule has 1 rings (SSSR count). The average Bonchev–Trinajstić information content (AvgIpc) is 2.10. The summed E-state index contributed by atoms with van der Waals surface area (Å²) in [4.78, 5) is 10.4. The van der Waals surface area contributed by atoms with Gasteiger partial charge in [-0.3, -0.25) is 4.79 Å². The third kappa shape index (κ3) is 2.27. The van der Waals surface area contributed by atoms with Gasteiger partial charge < -0.3 is 11.5 Å². The summed E-state index contributed by atoms with van der Waals surface area (Å²) >= 11 is 0. The zero-order chi connectivity index (χ0) is 10.7. The molecule has 1 aromatic carbocycles. The number of amides is 1. The van der Waals surface area contributed by atoms with Crippen LogP contribution in [0.25, 0.3) is 0 Å². The Morgan fingerprint density at radius 3 is 2.21 bits per heavy atom. The third-order valence-corrected chi connectivity index (χ3v) is 1.92. The summed E-state index contributed by atoms with van der Waals surface area (Å²) in [5, 5.41) is 0. The van der Waals surface area contributed by atoms with Crippen LogP contribution >= 0.6 is 0 Å². The SMILES string of the molecule is Cc1cc(C#CC(N)=O)cc(C)c1N. The van der Waals surface area contributed by atoms with Crippen LogP contribution in [-0.2, 0) is 4.79 Å². The molecule has 0 unspecified atom stereocenters. The van der Waals surface area contributed by atoms with Crippen LogP contribution in [0.1, 0.15) is 16.7 Å². The van der Waals surface area contributed by atoms with Gasteiger partial charge in [-0.25, -0.2) is 0 Å². The van der Waals surface area contributed by atoms with Crippen molar-refractivity contribution in [3.63, 3.8) is 0 Å². The van der Waals surface area contributed by atoms with Gasteiger partial charge >= 0.3 is 0 Å². The van der Waals surface area contributed by atoms with Crippen LogP contribution in [0.15, 0.2) is 12.1 Å². The summed E-state index contributed by atoms with van der Waals surface area (Å²) < 4.78 is 0. The van der Waals surface area contributed by atoms with E-state index in [1.54, 1.807) is 0 Å². The largest absolute Gasteiger partial charge is 0.398 e. The predicted octanol–water partition coefficient (Wildman–Crippen LogP) is 0.722. The molecule has 0 saturated heterocycles. The Morgan fingerprint density at radius 1 is 1.29 bits per heavy atom. The Kier molecular flexibility index (Phi) is 2.78. The first kappa shape index (κ1) is 10.1. The van der Waals surface area contributed by atoms with Gasteiger partial charge in [-0.2, -0.15) is 0 Å². The number of primary amides is 1. The molecule has 72 valence electrons. The molecule has 0 heterocycles. The van der Waals surface area contributed by atoms with Gasteiger partial charge in [0.05, 0.1) is 0 Å². The highest BCUT2D eigenvalue weighted by atomic mass is 16.1. The van der Waals surface area contributed by atoms with E-state index in [9.17, 15) is 4.79 Å². The predicted molar refractivity (Wildman–Crippen MR) is 56.4 cm³/mol. The first-order chi connectivity index (χ1) is 6.50. The van der Waals surface area contributed by atoms with Crippen LogP contribution in [0.5, 0.6) is 0 Å². The van der Waals surface area contributed by atoms with Crippen molar-refractivity contribution in [3.05, 3.63) is 28.8 Å². The van der Waals surface area contributed by atoms with Crippen molar-refractivity contribution in [2.24, 2.45) is 5.73 Å². The molecule has 0 aliphatic carbocycles. The summed E-state index contributed by atoms with van der Waals surface area (Å²) in [5.41, 5.74) is 14.1. The highest BCUT2D eigenvalue weighted by Crippen LogP contribution is 2.17. The van der Waals surface area contributed by atoms with Gasteiger partial charge in [-0.05, 0) is 43.0 Å². The van der Waals surface area contributed by atoms with Crippen LogP contribution in [0.3, 0.4) is 0 Å².